The number of nitrogens with one attached hydrogen (secondary N) is 3. The van der Waals surface area contributed by atoms with Gasteiger partial charge >= 0.3 is 0 Å². The quantitative estimate of drug-likeness (QED) is 0.468. The molecule has 7 nitrogen and oxygen atoms in total. The lowest BCUT2D eigenvalue weighted by Gasteiger charge is -2.46. The van der Waals surface area contributed by atoms with Gasteiger partial charge in [0, 0.05) is 23.3 Å². The first-order valence-corrected chi connectivity index (χ1v) is 10.2. The first-order chi connectivity index (χ1) is 14.0. The molecule has 0 bridgehead atoms. The van der Waals surface area contributed by atoms with E-state index in [2.05, 4.69) is 43.6 Å². The number of amides is 1. The molecule has 1 fully saturated rings. The van der Waals surface area contributed by atoms with Crippen LogP contribution in [0.15, 0.2) is 30.0 Å². The summed E-state index contributed by atoms with van der Waals surface area (Å²) in [6.07, 6.45) is 3.34. The van der Waals surface area contributed by atoms with E-state index < -0.39 is 5.91 Å². The molecule has 0 aromatic heterocycles. The van der Waals surface area contributed by atoms with Gasteiger partial charge in [0.05, 0.1) is 20.3 Å². The van der Waals surface area contributed by atoms with Crippen LogP contribution in [0.2, 0.25) is 0 Å². The van der Waals surface area contributed by atoms with Crippen LogP contribution in [0.4, 0.5) is 0 Å². The second-order valence-electron chi connectivity index (χ2n) is 9.14. The molecule has 7 heteroatoms. The number of nitriles is 1. The van der Waals surface area contributed by atoms with Crippen molar-refractivity contribution in [1.82, 2.24) is 16.0 Å². The van der Waals surface area contributed by atoms with E-state index in [0.717, 1.165) is 18.4 Å². The van der Waals surface area contributed by atoms with E-state index in [0.29, 0.717) is 11.5 Å². The Labute approximate surface area is 179 Å². The molecule has 1 amide bonds. The van der Waals surface area contributed by atoms with E-state index in [1.54, 1.807) is 26.5 Å². The van der Waals surface area contributed by atoms with Crippen LogP contribution in [0.5, 0.6) is 11.5 Å². The minimum absolute atomic E-state index is 0.0236. The van der Waals surface area contributed by atoms with Crippen molar-refractivity contribution in [2.45, 2.75) is 70.6 Å². The van der Waals surface area contributed by atoms with E-state index in [1.165, 1.54) is 0 Å². The van der Waals surface area contributed by atoms with Crippen LogP contribution < -0.4 is 25.4 Å². The van der Waals surface area contributed by atoms with Gasteiger partial charge in [-0.15, -0.1) is 0 Å². The fraction of sp³-hybridized carbons (Fsp3) is 0.565. The van der Waals surface area contributed by atoms with Gasteiger partial charge < -0.3 is 25.4 Å². The Morgan fingerprint density at radius 3 is 2.33 bits per heavy atom. The standard InChI is InChI=1S/C23H34N4O3/c1-15(16-8-9-19(29-6)20(10-16)30-7)26-21(28)17(13-24)14-25-18-11-22(2,3)27-23(4,5)12-18/h8-10,14-15,18,25,27H,11-12H2,1-7H3,(H,26,28)/b17-14-. The molecular formula is C23H34N4O3. The average Bonchev–Trinajstić information content (AvgIpc) is 2.65. The molecule has 1 heterocycles. The lowest BCUT2D eigenvalue weighted by molar-refractivity contribution is -0.117. The average molecular weight is 415 g/mol. The number of carbonyl (C=O) groups is 1. The first kappa shape index (κ1) is 23.6. The molecule has 164 valence electrons. The van der Waals surface area contributed by atoms with Gasteiger partial charge in [-0.3, -0.25) is 4.79 Å². The van der Waals surface area contributed by atoms with Crippen molar-refractivity contribution in [2.24, 2.45) is 0 Å². The van der Waals surface area contributed by atoms with E-state index >= 15 is 0 Å². The van der Waals surface area contributed by atoms with Crippen LogP contribution in [-0.4, -0.2) is 37.2 Å². The van der Waals surface area contributed by atoms with E-state index in [-0.39, 0.29) is 28.7 Å². The van der Waals surface area contributed by atoms with Crippen molar-refractivity contribution in [1.29, 1.82) is 5.26 Å². The highest BCUT2D eigenvalue weighted by atomic mass is 16.5. The molecule has 1 aromatic rings. The highest BCUT2D eigenvalue weighted by molar-refractivity contribution is 5.97. The van der Waals surface area contributed by atoms with E-state index in [1.807, 2.05) is 25.1 Å². The fourth-order valence-electron chi connectivity index (χ4n) is 4.27. The number of rotatable bonds is 7. The first-order valence-electron chi connectivity index (χ1n) is 10.2. The zero-order valence-corrected chi connectivity index (χ0v) is 19.1. The molecular weight excluding hydrogens is 380 g/mol. The third-order valence-corrected chi connectivity index (χ3v) is 5.27. The highest BCUT2D eigenvalue weighted by Gasteiger charge is 2.37. The predicted octanol–water partition coefficient (Wildman–Crippen LogP) is 3.19. The molecule has 1 aromatic carbocycles. The molecule has 3 N–H and O–H groups in total. The number of piperidine rings is 1. The predicted molar refractivity (Wildman–Crippen MR) is 117 cm³/mol. The minimum Gasteiger partial charge on any atom is -0.493 e. The van der Waals surface area contributed by atoms with Crippen LogP contribution in [0.3, 0.4) is 0 Å². The third-order valence-electron chi connectivity index (χ3n) is 5.27. The van der Waals surface area contributed by atoms with Crippen LogP contribution >= 0.6 is 0 Å². The summed E-state index contributed by atoms with van der Waals surface area (Å²) in [7, 11) is 3.14. The van der Waals surface area contributed by atoms with Gasteiger partial charge in [-0.25, -0.2) is 0 Å². The molecule has 1 aliphatic rings. The van der Waals surface area contributed by atoms with Crippen LogP contribution in [0.1, 0.15) is 59.1 Å². The van der Waals surface area contributed by atoms with Gasteiger partial charge in [0.25, 0.3) is 5.91 Å². The van der Waals surface area contributed by atoms with Crippen molar-refractivity contribution in [3.8, 4) is 17.6 Å². The van der Waals surface area contributed by atoms with Gasteiger partial charge in [0.15, 0.2) is 11.5 Å². The summed E-state index contributed by atoms with van der Waals surface area (Å²) in [6, 6.07) is 7.35. The number of nitrogens with zero attached hydrogens (tertiary/aromatic N) is 1. The molecule has 0 spiro atoms. The Hall–Kier alpha value is -2.72. The second kappa shape index (κ2) is 9.40. The number of methoxy groups -OCH3 is 2. The zero-order valence-electron chi connectivity index (χ0n) is 19.1. The Balaban J connectivity index is 2.06. The number of hydrogen-bond acceptors (Lipinski definition) is 6. The molecule has 1 unspecified atom stereocenters. The van der Waals surface area contributed by atoms with Gasteiger partial charge in [-0.2, -0.15) is 5.26 Å². The maximum Gasteiger partial charge on any atom is 0.263 e. The van der Waals surface area contributed by atoms with Gasteiger partial charge in [0.2, 0.25) is 0 Å². The maximum atomic E-state index is 12.7. The highest BCUT2D eigenvalue weighted by Crippen LogP contribution is 2.30. The summed E-state index contributed by atoms with van der Waals surface area (Å²) in [5, 5.41) is 19.3. The minimum atomic E-state index is -0.417. The molecule has 1 atom stereocenters. The summed E-state index contributed by atoms with van der Waals surface area (Å²) >= 11 is 0. The molecule has 1 aliphatic heterocycles. The normalized spacial score (nSPS) is 19.3. The van der Waals surface area contributed by atoms with Crippen LogP contribution in [-0.2, 0) is 4.79 Å². The van der Waals surface area contributed by atoms with Gasteiger partial charge in [0.1, 0.15) is 11.6 Å². The Bertz CT molecular complexity index is 823. The number of benzene rings is 1. The summed E-state index contributed by atoms with van der Waals surface area (Å²) in [5.41, 5.74) is 0.860. The van der Waals surface area contributed by atoms with Crippen molar-refractivity contribution in [3.05, 3.63) is 35.5 Å². The molecule has 0 aliphatic carbocycles. The SMILES string of the molecule is COc1ccc(C(C)NC(=O)/C(C#N)=C\NC2CC(C)(C)NC(C)(C)C2)cc1OC. The largest absolute Gasteiger partial charge is 0.493 e. The van der Waals surface area contributed by atoms with Crippen LogP contribution in [0.25, 0.3) is 0 Å². The fourth-order valence-corrected chi connectivity index (χ4v) is 4.27. The molecule has 30 heavy (non-hydrogen) atoms. The molecule has 2 rings (SSSR count). The Kier molecular flexibility index (Phi) is 7.38. The monoisotopic (exact) mass is 414 g/mol. The molecule has 0 saturated carbocycles. The van der Waals surface area contributed by atoms with Gasteiger partial charge in [-0.05, 0) is 65.2 Å². The van der Waals surface area contributed by atoms with E-state index in [9.17, 15) is 10.1 Å². The summed E-state index contributed by atoms with van der Waals surface area (Å²) in [5.74, 6) is 0.791. The number of hydrogen-bond donors (Lipinski definition) is 3. The summed E-state index contributed by atoms with van der Waals surface area (Å²) in [4.78, 5) is 12.7. The smallest absolute Gasteiger partial charge is 0.263 e. The summed E-state index contributed by atoms with van der Waals surface area (Å²) in [6.45, 7) is 10.5. The molecule has 0 radical (unpaired) electrons. The maximum absolute atomic E-state index is 12.7. The molecule has 1 saturated heterocycles. The number of ether oxygens (including phenoxy) is 2. The number of carbonyl (C=O) groups excluding carboxylic acids is 1. The third kappa shape index (κ3) is 6.14. The van der Waals surface area contributed by atoms with Crippen molar-refractivity contribution in [2.75, 3.05) is 14.2 Å². The topological polar surface area (TPSA) is 95.4 Å². The Morgan fingerprint density at radius 2 is 1.80 bits per heavy atom. The zero-order chi connectivity index (χ0) is 22.5. The Morgan fingerprint density at radius 1 is 1.20 bits per heavy atom. The van der Waals surface area contributed by atoms with Crippen LogP contribution in [0, 0.1) is 11.3 Å². The van der Waals surface area contributed by atoms with Crippen molar-refractivity contribution >= 4 is 5.91 Å². The second-order valence-corrected chi connectivity index (χ2v) is 9.14. The van der Waals surface area contributed by atoms with Crippen molar-refractivity contribution in [3.63, 3.8) is 0 Å². The van der Waals surface area contributed by atoms with Crippen molar-refractivity contribution < 1.29 is 14.3 Å². The lowest BCUT2D eigenvalue weighted by Crippen LogP contribution is -2.61. The van der Waals surface area contributed by atoms with Gasteiger partial charge in [-0.1, -0.05) is 6.07 Å². The summed E-state index contributed by atoms with van der Waals surface area (Å²) < 4.78 is 10.6. The lowest BCUT2D eigenvalue weighted by atomic mass is 9.79. The van der Waals surface area contributed by atoms with E-state index in [4.69, 9.17) is 9.47 Å².